The Morgan fingerprint density at radius 1 is 1.15 bits per heavy atom. The van der Waals surface area contributed by atoms with Crippen LogP contribution in [0.4, 0.5) is 0 Å². The first kappa shape index (κ1) is 23.1. The first-order valence-corrected chi connectivity index (χ1v) is 13.3. The average Bonchev–Trinajstić information content (AvgIpc) is 3.43. The van der Waals surface area contributed by atoms with E-state index in [4.69, 9.17) is 4.74 Å². The Kier molecular flexibility index (Phi) is 6.77. The summed E-state index contributed by atoms with van der Waals surface area (Å²) in [6.45, 7) is 2.85. The number of ether oxygens (including phenoxy) is 1. The number of amides is 1. The number of carbonyl (C=O) groups excluding carboxylic acids is 1. The third kappa shape index (κ3) is 4.28. The zero-order valence-electron chi connectivity index (χ0n) is 19.8. The van der Waals surface area contributed by atoms with Crippen LogP contribution in [0.3, 0.4) is 0 Å². The van der Waals surface area contributed by atoms with Crippen molar-refractivity contribution in [1.82, 2.24) is 20.0 Å². The van der Waals surface area contributed by atoms with Gasteiger partial charge in [0.05, 0.1) is 29.8 Å². The van der Waals surface area contributed by atoms with Gasteiger partial charge in [-0.15, -0.1) is 0 Å². The molecule has 2 heterocycles. The second-order valence-corrected chi connectivity index (χ2v) is 10.1. The molecular formula is C27H32N4O2S. The maximum absolute atomic E-state index is 12.5. The van der Waals surface area contributed by atoms with E-state index in [1.807, 2.05) is 35.3 Å². The number of rotatable bonds is 7. The van der Waals surface area contributed by atoms with Crippen molar-refractivity contribution in [3.63, 3.8) is 0 Å². The minimum Gasteiger partial charge on any atom is -0.378 e. The predicted molar refractivity (Wildman–Crippen MR) is 136 cm³/mol. The molecule has 0 unspecified atom stereocenters. The molecule has 7 heteroatoms. The van der Waals surface area contributed by atoms with Crippen LogP contribution in [0, 0.1) is 0 Å². The van der Waals surface area contributed by atoms with E-state index in [0.717, 1.165) is 38.2 Å². The molecule has 0 radical (unpaired) electrons. The van der Waals surface area contributed by atoms with Crippen LogP contribution in [0.5, 0.6) is 0 Å². The second kappa shape index (κ2) is 9.94. The highest BCUT2D eigenvalue weighted by Crippen LogP contribution is 2.52. The van der Waals surface area contributed by atoms with Crippen LogP contribution in [0.1, 0.15) is 35.6 Å². The fourth-order valence-electron chi connectivity index (χ4n) is 5.80. The molecule has 5 rings (SSSR count). The molecule has 1 aliphatic carbocycles. The molecule has 34 heavy (non-hydrogen) atoms. The molecule has 1 aliphatic heterocycles. The number of piperidine rings is 1. The molecule has 2 aliphatic rings. The van der Waals surface area contributed by atoms with E-state index in [1.54, 1.807) is 18.9 Å². The van der Waals surface area contributed by atoms with Gasteiger partial charge in [0.25, 0.3) is 0 Å². The van der Waals surface area contributed by atoms with E-state index in [0.29, 0.717) is 5.75 Å². The molecule has 1 aromatic heterocycles. The summed E-state index contributed by atoms with van der Waals surface area (Å²) in [5.41, 5.74) is 4.77. The van der Waals surface area contributed by atoms with Crippen molar-refractivity contribution in [3.8, 4) is 5.69 Å². The fraction of sp³-hybridized carbons (Fsp3) is 0.407. The van der Waals surface area contributed by atoms with Gasteiger partial charge >= 0.3 is 0 Å². The van der Waals surface area contributed by atoms with Crippen LogP contribution in [0.15, 0.2) is 67.0 Å². The minimum atomic E-state index is -0.100. The Morgan fingerprint density at radius 3 is 2.62 bits per heavy atom. The number of nitrogens with one attached hydrogen (secondary N) is 1. The Labute approximate surface area is 205 Å². The van der Waals surface area contributed by atoms with Gasteiger partial charge in [-0.25, -0.2) is 4.68 Å². The minimum absolute atomic E-state index is 0.0568. The predicted octanol–water partition coefficient (Wildman–Crippen LogP) is 3.96. The molecule has 2 aromatic carbocycles. The van der Waals surface area contributed by atoms with Crippen molar-refractivity contribution < 1.29 is 9.53 Å². The molecule has 1 saturated heterocycles. The number of likely N-dealkylation sites (tertiary alicyclic amines) is 1. The standard InChI is InChI=1S/C27H32N4O2S/c1-33-26-25(29-24(32)19-34-2)22-10-6-7-11-23(22)27(26)12-14-30(15-13-27)17-20-16-28-31(18-20)21-8-4-3-5-9-21/h3-11,16,18,25-26H,12-15,17,19H2,1-2H3,(H,29,32)/t25-,26+/m1/s1. The van der Waals surface area contributed by atoms with Crippen molar-refractivity contribution in [1.29, 1.82) is 0 Å². The molecule has 0 bridgehead atoms. The fourth-order valence-corrected chi connectivity index (χ4v) is 6.15. The first-order valence-electron chi connectivity index (χ1n) is 11.9. The van der Waals surface area contributed by atoms with E-state index >= 15 is 0 Å². The summed E-state index contributed by atoms with van der Waals surface area (Å²) >= 11 is 1.55. The third-order valence-corrected chi connectivity index (χ3v) is 7.89. The van der Waals surface area contributed by atoms with Crippen LogP contribution in [0.25, 0.3) is 5.69 Å². The summed E-state index contributed by atoms with van der Waals surface area (Å²) in [7, 11) is 1.79. The topological polar surface area (TPSA) is 59.4 Å². The van der Waals surface area contributed by atoms with E-state index in [1.165, 1.54) is 16.7 Å². The number of aromatic nitrogens is 2. The van der Waals surface area contributed by atoms with E-state index < -0.39 is 0 Å². The SMILES string of the molecule is CO[C@H]1[C@H](NC(=O)CSC)c2ccccc2C12CCN(Cc1cnn(-c3ccccc3)c1)CC2. The number of nitrogens with zero attached hydrogens (tertiary/aromatic N) is 3. The number of carbonyl (C=O) groups is 1. The van der Waals surface area contributed by atoms with Gasteiger partial charge in [0, 0.05) is 30.8 Å². The quantitative estimate of drug-likeness (QED) is 0.560. The summed E-state index contributed by atoms with van der Waals surface area (Å²) in [6.07, 6.45) is 8.00. The van der Waals surface area contributed by atoms with Gasteiger partial charge in [-0.05, 0) is 55.4 Å². The van der Waals surface area contributed by atoms with Crippen molar-refractivity contribution in [2.24, 2.45) is 0 Å². The summed E-state index contributed by atoms with van der Waals surface area (Å²) in [5, 5.41) is 7.83. The van der Waals surface area contributed by atoms with Gasteiger partial charge in [-0.3, -0.25) is 9.69 Å². The molecular weight excluding hydrogens is 444 g/mol. The molecule has 1 spiro atoms. The summed E-state index contributed by atoms with van der Waals surface area (Å²) in [6, 6.07) is 18.7. The summed E-state index contributed by atoms with van der Waals surface area (Å²) < 4.78 is 8.07. The highest BCUT2D eigenvalue weighted by molar-refractivity contribution is 7.99. The second-order valence-electron chi connectivity index (χ2n) is 9.28. The van der Waals surface area contributed by atoms with Crippen LogP contribution in [-0.2, 0) is 21.5 Å². The van der Waals surface area contributed by atoms with E-state index in [2.05, 4.69) is 57.9 Å². The van der Waals surface area contributed by atoms with Crippen molar-refractivity contribution >= 4 is 17.7 Å². The molecule has 178 valence electrons. The number of methoxy groups -OCH3 is 1. The van der Waals surface area contributed by atoms with Crippen molar-refractivity contribution in [3.05, 3.63) is 83.7 Å². The number of benzene rings is 2. The Balaban J connectivity index is 1.31. The van der Waals surface area contributed by atoms with Crippen LogP contribution in [0.2, 0.25) is 0 Å². The van der Waals surface area contributed by atoms with Gasteiger partial charge in [0.2, 0.25) is 5.91 Å². The average molecular weight is 477 g/mol. The lowest BCUT2D eigenvalue weighted by atomic mass is 9.72. The summed E-state index contributed by atoms with van der Waals surface area (Å²) in [5.74, 6) is 0.534. The molecule has 1 amide bonds. The smallest absolute Gasteiger partial charge is 0.230 e. The van der Waals surface area contributed by atoms with E-state index in [-0.39, 0.29) is 23.5 Å². The van der Waals surface area contributed by atoms with Crippen LogP contribution >= 0.6 is 11.8 Å². The maximum atomic E-state index is 12.5. The Morgan fingerprint density at radius 2 is 1.88 bits per heavy atom. The number of fused-ring (bicyclic) bond motifs is 2. The molecule has 6 nitrogen and oxygen atoms in total. The largest absolute Gasteiger partial charge is 0.378 e. The molecule has 1 fully saturated rings. The number of para-hydroxylation sites is 1. The monoisotopic (exact) mass is 476 g/mol. The lowest BCUT2D eigenvalue weighted by molar-refractivity contribution is -0.121. The zero-order valence-corrected chi connectivity index (χ0v) is 20.6. The van der Waals surface area contributed by atoms with Crippen LogP contribution in [-0.4, -0.2) is 58.9 Å². The Hall–Kier alpha value is -2.61. The molecule has 3 aromatic rings. The van der Waals surface area contributed by atoms with Gasteiger partial charge in [-0.2, -0.15) is 16.9 Å². The molecule has 0 saturated carbocycles. The molecule has 2 atom stereocenters. The van der Waals surface area contributed by atoms with Gasteiger partial charge < -0.3 is 10.1 Å². The third-order valence-electron chi connectivity index (χ3n) is 7.34. The van der Waals surface area contributed by atoms with Gasteiger partial charge in [0.15, 0.2) is 0 Å². The Bertz CT molecular complexity index is 1120. The van der Waals surface area contributed by atoms with E-state index in [9.17, 15) is 4.79 Å². The lowest BCUT2D eigenvalue weighted by Crippen LogP contribution is -2.50. The molecule has 1 N–H and O–H groups in total. The lowest BCUT2D eigenvalue weighted by Gasteiger charge is -2.44. The highest BCUT2D eigenvalue weighted by atomic mass is 32.2. The first-order chi connectivity index (χ1) is 16.6. The maximum Gasteiger partial charge on any atom is 0.230 e. The van der Waals surface area contributed by atoms with Gasteiger partial charge in [-0.1, -0.05) is 42.5 Å². The number of thioether (sulfide) groups is 1. The summed E-state index contributed by atoms with van der Waals surface area (Å²) in [4.78, 5) is 15.0. The van der Waals surface area contributed by atoms with Crippen LogP contribution < -0.4 is 5.32 Å². The van der Waals surface area contributed by atoms with Gasteiger partial charge in [0.1, 0.15) is 0 Å². The number of hydrogen-bond acceptors (Lipinski definition) is 5. The van der Waals surface area contributed by atoms with Crippen molar-refractivity contribution in [2.45, 2.75) is 36.9 Å². The highest BCUT2D eigenvalue weighted by Gasteiger charge is 2.53. The normalized spacial score (nSPS) is 21.5. The van der Waals surface area contributed by atoms with Crippen molar-refractivity contribution in [2.75, 3.05) is 32.2 Å². The number of hydrogen-bond donors (Lipinski definition) is 1. The zero-order chi connectivity index (χ0) is 23.5.